The monoisotopic (exact) mass is 332 g/mol. The molecule has 0 bridgehead atoms. The number of aromatic nitrogens is 1. The van der Waals surface area contributed by atoms with Crippen LogP contribution < -0.4 is 10.2 Å². The highest BCUT2D eigenvalue weighted by Gasteiger charge is 2.40. The quantitative estimate of drug-likeness (QED) is 0.901. The molecule has 6 heteroatoms. The summed E-state index contributed by atoms with van der Waals surface area (Å²) < 4.78 is 5.93. The van der Waals surface area contributed by atoms with E-state index in [1.54, 1.807) is 6.20 Å². The van der Waals surface area contributed by atoms with Crippen molar-refractivity contribution in [1.29, 1.82) is 0 Å². The summed E-state index contributed by atoms with van der Waals surface area (Å²) in [6, 6.07) is 4.27. The zero-order valence-corrected chi connectivity index (χ0v) is 14.7. The number of nitrogens with zero attached hydrogens (tertiary/aromatic N) is 3. The molecular formula is C18H28N4O2. The summed E-state index contributed by atoms with van der Waals surface area (Å²) in [6.45, 7) is 8.78. The molecule has 0 saturated carbocycles. The molecule has 1 unspecified atom stereocenters. The van der Waals surface area contributed by atoms with Gasteiger partial charge in [0.2, 0.25) is 0 Å². The second-order valence-corrected chi connectivity index (χ2v) is 7.31. The van der Waals surface area contributed by atoms with Crippen LogP contribution in [0.1, 0.15) is 26.7 Å². The number of nitrogens with one attached hydrogen (secondary N) is 1. The van der Waals surface area contributed by atoms with Crippen molar-refractivity contribution in [1.82, 2.24) is 15.2 Å². The van der Waals surface area contributed by atoms with Gasteiger partial charge >= 0.3 is 6.03 Å². The summed E-state index contributed by atoms with van der Waals surface area (Å²) in [5, 5.41) is 3.02. The number of pyridine rings is 1. The van der Waals surface area contributed by atoms with Crippen LogP contribution in [0.25, 0.3) is 0 Å². The van der Waals surface area contributed by atoms with Crippen LogP contribution in [0.4, 0.5) is 10.5 Å². The van der Waals surface area contributed by atoms with Crippen molar-refractivity contribution in [2.24, 2.45) is 5.41 Å². The van der Waals surface area contributed by atoms with E-state index in [1.807, 2.05) is 31.0 Å². The largest absolute Gasteiger partial charge is 0.379 e. The minimum absolute atomic E-state index is 0.00108. The maximum atomic E-state index is 12.4. The standard InChI is InChI=1S/C18H28N4O2/c1-15(2)20-17(23)22-8-4-6-18(13-22)12-21(9-10-24-14-18)16-5-3-7-19-11-16/h3,5,7,11,15H,4,6,8-10,12-14H2,1-2H3,(H,20,23). The molecule has 2 saturated heterocycles. The van der Waals surface area contributed by atoms with Gasteiger partial charge in [0, 0.05) is 43.8 Å². The second-order valence-electron chi connectivity index (χ2n) is 7.31. The Morgan fingerprint density at radius 1 is 1.38 bits per heavy atom. The van der Waals surface area contributed by atoms with Crippen molar-refractivity contribution in [3.8, 4) is 0 Å². The highest BCUT2D eigenvalue weighted by Crippen LogP contribution is 2.34. The Bertz CT molecular complexity index is 551. The molecule has 0 aromatic carbocycles. The lowest BCUT2D eigenvalue weighted by atomic mass is 9.80. The van der Waals surface area contributed by atoms with Gasteiger partial charge in [-0.05, 0) is 38.8 Å². The first-order valence-electron chi connectivity index (χ1n) is 8.86. The van der Waals surface area contributed by atoms with Crippen molar-refractivity contribution in [3.05, 3.63) is 24.5 Å². The van der Waals surface area contributed by atoms with Crippen LogP contribution in [-0.2, 0) is 4.74 Å². The smallest absolute Gasteiger partial charge is 0.317 e. The first-order valence-corrected chi connectivity index (χ1v) is 8.86. The molecule has 2 aliphatic rings. The highest BCUT2D eigenvalue weighted by atomic mass is 16.5. The topological polar surface area (TPSA) is 57.7 Å². The van der Waals surface area contributed by atoms with Crippen molar-refractivity contribution < 1.29 is 9.53 Å². The molecule has 6 nitrogen and oxygen atoms in total. The number of carbonyl (C=O) groups excluding carboxylic acids is 1. The molecule has 1 N–H and O–H groups in total. The van der Waals surface area contributed by atoms with E-state index in [1.165, 1.54) is 0 Å². The van der Waals surface area contributed by atoms with E-state index in [0.29, 0.717) is 0 Å². The van der Waals surface area contributed by atoms with Gasteiger partial charge < -0.3 is 19.9 Å². The SMILES string of the molecule is CC(C)NC(=O)N1CCCC2(COCCN(c3cccnc3)C2)C1. The summed E-state index contributed by atoms with van der Waals surface area (Å²) >= 11 is 0. The van der Waals surface area contributed by atoms with Gasteiger partial charge in [0.1, 0.15) is 0 Å². The molecule has 24 heavy (non-hydrogen) atoms. The van der Waals surface area contributed by atoms with Crippen molar-refractivity contribution >= 4 is 11.7 Å². The van der Waals surface area contributed by atoms with Crippen molar-refractivity contribution in [2.75, 3.05) is 44.3 Å². The first-order chi connectivity index (χ1) is 11.6. The van der Waals surface area contributed by atoms with Gasteiger partial charge in [0.05, 0.1) is 25.1 Å². The first kappa shape index (κ1) is 17.0. The average Bonchev–Trinajstić information content (AvgIpc) is 2.78. The molecule has 0 radical (unpaired) electrons. The third-order valence-electron chi connectivity index (χ3n) is 4.81. The number of piperidine rings is 1. The average molecular weight is 332 g/mol. The fourth-order valence-corrected chi connectivity index (χ4v) is 3.72. The molecule has 132 valence electrons. The second kappa shape index (κ2) is 7.38. The molecule has 1 atom stereocenters. The zero-order valence-electron chi connectivity index (χ0n) is 14.7. The molecule has 2 fully saturated rings. The molecule has 3 heterocycles. The number of carbonyl (C=O) groups is 1. The van der Waals surface area contributed by atoms with E-state index in [9.17, 15) is 4.79 Å². The number of rotatable bonds is 2. The fraction of sp³-hybridized carbons (Fsp3) is 0.667. The van der Waals surface area contributed by atoms with Crippen LogP contribution in [0, 0.1) is 5.41 Å². The Hall–Kier alpha value is -1.82. The molecule has 1 aromatic heterocycles. The molecular weight excluding hydrogens is 304 g/mol. The highest BCUT2D eigenvalue weighted by molar-refractivity contribution is 5.74. The van der Waals surface area contributed by atoms with E-state index in [2.05, 4.69) is 21.3 Å². The van der Waals surface area contributed by atoms with Gasteiger partial charge in [-0.3, -0.25) is 4.98 Å². The summed E-state index contributed by atoms with van der Waals surface area (Å²) in [5.74, 6) is 0. The van der Waals surface area contributed by atoms with Crippen LogP contribution in [0.3, 0.4) is 0 Å². The fourth-order valence-electron chi connectivity index (χ4n) is 3.72. The summed E-state index contributed by atoms with van der Waals surface area (Å²) in [5.41, 5.74) is 1.13. The van der Waals surface area contributed by atoms with Gasteiger partial charge in [0.15, 0.2) is 0 Å². The summed E-state index contributed by atoms with van der Waals surface area (Å²) in [4.78, 5) is 21.0. The Kier molecular flexibility index (Phi) is 5.23. The van der Waals surface area contributed by atoms with Gasteiger partial charge in [-0.2, -0.15) is 0 Å². The normalized spacial score (nSPS) is 25.0. The van der Waals surface area contributed by atoms with E-state index >= 15 is 0 Å². The molecule has 2 aliphatic heterocycles. The van der Waals surface area contributed by atoms with Gasteiger partial charge in [-0.1, -0.05) is 0 Å². The Labute approximate surface area is 144 Å². The number of hydrogen-bond acceptors (Lipinski definition) is 4. The summed E-state index contributed by atoms with van der Waals surface area (Å²) in [6.07, 6.45) is 5.82. The minimum Gasteiger partial charge on any atom is -0.379 e. The van der Waals surface area contributed by atoms with Crippen LogP contribution in [0.5, 0.6) is 0 Å². The summed E-state index contributed by atoms with van der Waals surface area (Å²) in [7, 11) is 0. The number of likely N-dealkylation sites (tertiary alicyclic amines) is 1. The Morgan fingerprint density at radius 2 is 2.25 bits per heavy atom. The van der Waals surface area contributed by atoms with Crippen molar-refractivity contribution in [3.63, 3.8) is 0 Å². The Balaban J connectivity index is 1.73. The molecule has 1 aromatic rings. The van der Waals surface area contributed by atoms with Gasteiger partial charge in [-0.25, -0.2) is 4.79 Å². The minimum atomic E-state index is -0.00108. The van der Waals surface area contributed by atoms with Gasteiger partial charge in [-0.15, -0.1) is 0 Å². The maximum Gasteiger partial charge on any atom is 0.317 e. The van der Waals surface area contributed by atoms with E-state index in [-0.39, 0.29) is 17.5 Å². The predicted molar refractivity (Wildman–Crippen MR) is 94.2 cm³/mol. The Morgan fingerprint density at radius 3 is 3.00 bits per heavy atom. The molecule has 1 spiro atoms. The van der Waals surface area contributed by atoms with E-state index in [0.717, 1.165) is 57.9 Å². The third-order valence-corrected chi connectivity index (χ3v) is 4.81. The number of ether oxygens (including phenoxy) is 1. The number of hydrogen-bond donors (Lipinski definition) is 1. The maximum absolute atomic E-state index is 12.4. The van der Waals surface area contributed by atoms with Crippen LogP contribution in [0.15, 0.2) is 24.5 Å². The van der Waals surface area contributed by atoms with Crippen molar-refractivity contribution in [2.45, 2.75) is 32.7 Å². The van der Waals surface area contributed by atoms with Crippen LogP contribution >= 0.6 is 0 Å². The van der Waals surface area contributed by atoms with Crippen LogP contribution in [0.2, 0.25) is 0 Å². The van der Waals surface area contributed by atoms with E-state index < -0.39 is 0 Å². The molecule has 0 aliphatic carbocycles. The van der Waals surface area contributed by atoms with E-state index in [4.69, 9.17) is 4.74 Å². The number of urea groups is 1. The number of amides is 2. The van der Waals surface area contributed by atoms with Gasteiger partial charge in [0.25, 0.3) is 0 Å². The lowest BCUT2D eigenvalue weighted by Gasteiger charge is -2.44. The molecule has 3 rings (SSSR count). The molecule has 2 amide bonds. The zero-order chi connectivity index (χ0) is 17.0. The lowest BCUT2D eigenvalue weighted by Crippen LogP contribution is -2.55. The van der Waals surface area contributed by atoms with Crippen LogP contribution in [-0.4, -0.2) is 61.3 Å². The third kappa shape index (κ3) is 3.98. The predicted octanol–water partition coefficient (Wildman–Crippen LogP) is 2.12. The lowest BCUT2D eigenvalue weighted by molar-refractivity contribution is 0.0242. The number of anilines is 1.